The molecule has 1 aliphatic heterocycles. The Balaban J connectivity index is 1.31. The van der Waals surface area contributed by atoms with Crippen molar-refractivity contribution in [1.29, 1.82) is 0 Å². The van der Waals surface area contributed by atoms with Crippen LogP contribution in [0.15, 0.2) is 41.1 Å². The molecule has 156 valence electrons. The molecule has 1 aromatic carbocycles. The number of thiazole rings is 1. The van der Waals surface area contributed by atoms with Crippen molar-refractivity contribution in [2.75, 3.05) is 25.1 Å². The molecule has 9 heteroatoms. The van der Waals surface area contributed by atoms with Crippen LogP contribution >= 0.6 is 22.7 Å². The summed E-state index contributed by atoms with van der Waals surface area (Å²) >= 11 is 2.89. The third kappa shape index (κ3) is 4.80. The molecule has 0 atom stereocenters. The Labute approximate surface area is 182 Å². The molecule has 30 heavy (non-hydrogen) atoms. The van der Waals surface area contributed by atoms with Gasteiger partial charge in [-0.2, -0.15) is 11.3 Å². The van der Waals surface area contributed by atoms with Gasteiger partial charge in [0.15, 0.2) is 11.7 Å². The van der Waals surface area contributed by atoms with Gasteiger partial charge in [0.1, 0.15) is 11.5 Å². The summed E-state index contributed by atoms with van der Waals surface area (Å²) in [5, 5.41) is 7.07. The van der Waals surface area contributed by atoms with Gasteiger partial charge in [0, 0.05) is 23.2 Å². The summed E-state index contributed by atoms with van der Waals surface area (Å²) < 4.78 is 11.0. The van der Waals surface area contributed by atoms with E-state index in [4.69, 9.17) is 9.47 Å². The topological polar surface area (TPSA) is 80.8 Å². The lowest BCUT2D eigenvalue weighted by Crippen LogP contribution is -2.38. The average molecular weight is 444 g/mol. The van der Waals surface area contributed by atoms with Crippen molar-refractivity contribution in [3.8, 4) is 11.5 Å². The van der Waals surface area contributed by atoms with Gasteiger partial charge in [-0.1, -0.05) is 11.3 Å². The number of carbonyl (C=O) groups is 2. The highest BCUT2D eigenvalue weighted by molar-refractivity contribution is 7.16. The minimum Gasteiger partial charge on any atom is -0.494 e. The van der Waals surface area contributed by atoms with Crippen LogP contribution in [0.25, 0.3) is 0 Å². The Hall–Kier alpha value is -2.91. The van der Waals surface area contributed by atoms with Gasteiger partial charge in [0.2, 0.25) is 0 Å². The molecule has 0 aliphatic carbocycles. The van der Waals surface area contributed by atoms with Crippen molar-refractivity contribution in [2.45, 2.75) is 19.9 Å². The fraction of sp³-hybridized carbons (Fsp3) is 0.286. The van der Waals surface area contributed by atoms with E-state index in [0.29, 0.717) is 42.6 Å². The zero-order chi connectivity index (χ0) is 20.9. The second-order valence-electron chi connectivity index (χ2n) is 6.61. The minimum atomic E-state index is -0.168. The molecule has 4 rings (SSSR count). The minimum absolute atomic E-state index is 0.0239. The molecule has 1 N–H and O–H groups in total. The molecule has 0 fully saturated rings. The van der Waals surface area contributed by atoms with Crippen molar-refractivity contribution < 1.29 is 19.1 Å². The third-order valence-electron chi connectivity index (χ3n) is 4.58. The molecule has 0 bridgehead atoms. The number of fused-ring (bicyclic) bond motifs is 1. The number of amides is 2. The number of carbonyl (C=O) groups excluding carboxylic acids is 2. The number of ether oxygens (including phenoxy) is 2. The number of thiophene rings is 1. The normalized spacial score (nSPS) is 12.9. The molecule has 0 saturated heterocycles. The molecule has 3 aromatic rings. The fourth-order valence-corrected chi connectivity index (χ4v) is 4.71. The zero-order valence-corrected chi connectivity index (χ0v) is 18.1. The first-order chi connectivity index (χ1) is 14.6. The van der Waals surface area contributed by atoms with Crippen LogP contribution in [-0.2, 0) is 17.8 Å². The van der Waals surface area contributed by atoms with Crippen molar-refractivity contribution in [2.24, 2.45) is 0 Å². The number of rotatable bonds is 7. The van der Waals surface area contributed by atoms with E-state index in [2.05, 4.69) is 10.3 Å². The lowest BCUT2D eigenvalue weighted by atomic mass is 10.2. The van der Waals surface area contributed by atoms with E-state index < -0.39 is 0 Å². The number of nitrogens with one attached hydrogen (secondary N) is 1. The van der Waals surface area contributed by atoms with E-state index >= 15 is 0 Å². The third-order valence-corrected chi connectivity index (χ3v) is 6.27. The van der Waals surface area contributed by atoms with E-state index in [1.165, 1.54) is 22.7 Å². The smallest absolute Gasteiger partial charge is 0.260 e. The Morgan fingerprint density at radius 2 is 1.93 bits per heavy atom. The molecular weight excluding hydrogens is 422 g/mol. The summed E-state index contributed by atoms with van der Waals surface area (Å²) in [6.07, 6.45) is 0.662. The van der Waals surface area contributed by atoms with Gasteiger partial charge in [-0.3, -0.25) is 14.9 Å². The van der Waals surface area contributed by atoms with E-state index in [9.17, 15) is 9.59 Å². The molecular formula is C21H21N3O4S2. The molecule has 0 unspecified atom stereocenters. The van der Waals surface area contributed by atoms with Crippen molar-refractivity contribution >= 4 is 39.6 Å². The maximum atomic E-state index is 12.6. The number of anilines is 1. The van der Waals surface area contributed by atoms with Crippen LogP contribution in [0.1, 0.15) is 27.9 Å². The largest absolute Gasteiger partial charge is 0.494 e. The highest BCUT2D eigenvalue weighted by Gasteiger charge is 2.25. The van der Waals surface area contributed by atoms with Crippen molar-refractivity contribution in [3.05, 3.63) is 57.2 Å². The summed E-state index contributed by atoms with van der Waals surface area (Å²) in [4.78, 5) is 32.1. The molecule has 0 spiro atoms. The van der Waals surface area contributed by atoms with E-state index in [1.807, 2.05) is 24.4 Å². The SMILES string of the molecule is CCOc1ccc(OCC(=O)N2CCc3nc(NC(=O)c4ccsc4)sc3C2)cc1. The maximum Gasteiger partial charge on any atom is 0.260 e. The molecule has 1 aliphatic rings. The molecule has 2 aromatic heterocycles. The second-order valence-corrected chi connectivity index (χ2v) is 8.48. The summed E-state index contributed by atoms with van der Waals surface area (Å²) in [6.45, 7) is 3.57. The first-order valence-corrected chi connectivity index (χ1v) is 11.3. The van der Waals surface area contributed by atoms with E-state index in [-0.39, 0.29) is 18.4 Å². The Bertz CT molecular complexity index is 1020. The van der Waals surface area contributed by atoms with E-state index in [0.717, 1.165) is 16.3 Å². The lowest BCUT2D eigenvalue weighted by Gasteiger charge is -2.26. The predicted octanol–water partition coefficient (Wildman–Crippen LogP) is 3.82. The van der Waals surface area contributed by atoms with E-state index in [1.54, 1.807) is 28.5 Å². The highest BCUT2D eigenvalue weighted by atomic mass is 32.1. The van der Waals surface area contributed by atoms with Crippen LogP contribution in [0.4, 0.5) is 5.13 Å². The van der Waals surface area contributed by atoms with Gasteiger partial charge >= 0.3 is 0 Å². The molecule has 7 nitrogen and oxygen atoms in total. The highest BCUT2D eigenvalue weighted by Crippen LogP contribution is 2.29. The number of benzene rings is 1. The van der Waals surface area contributed by atoms with Crippen LogP contribution in [0.2, 0.25) is 0 Å². The van der Waals surface area contributed by atoms with Crippen LogP contribution < -0.4 is 14.8 Å². The van der Waals surface area contributed by atoms with Gasteiger partial charge in [-0.15, -0.1) is 0 Å². The summed E-state index contributed by atoms with van der Waals surface area (Å²) in [7, 11) is 0. The molecule has 0 saturated carbocycles. The fourth-order valence-electron chi connectivity index (χ4n) is 3.06. The van der Waals surface area contributed by atoms with Crippen LogP contribution in [-0.4, -0.2) is 41.5 Å². The summed E-state index contributed by atoms with van der Waals surface area (Å²) in [5.41, 5.74) is 1.56. The van der Waals surface area contributed by atoms with Crippen LogP contribution in [0, 0.1) is 0 Å². The quantitative estimate of drug-likeness (QED) is 0.600. The van der Waals surface area contributed by atoms with Gasteiger partial charge in [-0.25, -0.2) is 4.98 Å². The molecule has 0 radical (unpaired) electrons. The molecule has 3 heterocycles. The first kappa shape index (κ1) is 20.4. The van der Waals surface area contributed by atoms with Crippen molar-refractivity contribution in [3.63, 3.8) is 0 Å². The number of hydrogen-bond donors (Lipinski definition) is 1. The summed E-state index contributed by atoms with van der Waals surface area (Å²) in [6, 6.07) is 8.99. The second kappa shape index (κ2) is 9.27. The van der Waals surface area contributed by atoms with Crippen LogP contribution in [0.5, 0.6) is 11.5 Å². The predicted molar refractivity (Wildman–Crippen MR) is 117 cm³/mol. The van der Waals surface area contributed by atoms with Gasteiger partial charge in [0.25, 0.3) is 11.8 Å². The number of aromatic nitrogens is 1. The Morgan fingerprint density at radius 1 is 1.17 bits per heavy atom. The van der Waals surface area contributed by atoms with Gasteiger partial charge in [-0.05, 0) is 42.6 Å². The Kier molecular flexibility index (Phi) is 6.29. The lowest BCUT2D eigenvalue weighted by molar-refractivity contribution is -0.134. The average Bonchev–Trinajstić information content (AvgIpc) is 3.42. The zero-order valence-electron chi connectivity index (χ0n) is 16.4. The summed E-state index contributed by atoms with van der Waals surface area (Å²) in [5.74, 6) is 1.15. The standard InChI is InChI=1S/C21H21N3O4S2/c1-2-27-15-3-5-16(6-4-15)28-12-19(25)24-9-7-17-18(11-24)30-21(22-17)23-20(26)14-8-10-29-13-14/h3-6,8,10,13H,2,7,9,11-12H2,1H3,(H,22,23,26). The number of nitrogens with zero attached hydrogens (tertiary/aromatic N) is 2. The van der Waals surface area contributed by atoms with Crippen molar-refractivity contribution in [1.82, 2.24) is 9.88 Å². The molecule has 2 amide bonds. The maximum absolute atomic E-state index is 12.6. The first-order valence-electron chi connectivity index (χ1n) is 9.58. The Morgan fingerprint density at radius 3 is 2.63 bits per heavy atom. The monoisotopic (exact) mass is 443 g/mol. The van der Waals surface area contributed by atoms with Crippen LogP contribution in [0.3, 0.4) is 0 Å². The number of hydrogen-bond acceptors (Lipinski definition) is 7. The van der Waals surface area contributed by atoms with Gasteiger partial charge < -0.3 is 14.4 Å². The van der Waals surface area contributed by atoms with Gasteiger partial charge in [0.05, 0.1) is 24.4 Å².